The van der Waals surface area contributed by atoms with E-state index >= 15 is 0 Å². The fraction of sp³-hybridized carbons (Fsp3) is 0.632. The van der Waals surface area contributed by atoms with Gasteiger partial charge in [-0.2, -0.15) is 0 Å². The van der Waals surface area contributed by atoms with Gasteiger partial charge in [0.15, 0.2) is 5.96 Å². The molecule has 27 heavy (non-hydrogen) atoms. The van der Waals surface area contributed by atoms with E-state index in [1.807, 2.05) is 12.1 Å². The summed E-state index contributed by atoms with van der Waals surface area (Å²) in [6.45, 7) is 8.31. The molecule has 0 aromatic heterocycles. The van der Waals surface area contributed by atoms with Crippen LogP contribution in [0.2, 0.25) is 0 Å². The topological polar surface area (TPSA) is 67.4 Å². The highest BCUT2D eigenvalue weighted by molar-refractivity contribution is 14.0. The first-order valence-electron chi connectivity index (χ1n) is 9.25. The Morgan fingerprint density at radius 3 is 2.48 bits per heavy atom. The van der Waals surface area contributed by atoms with Crippen LogP contribution in [0.15, 0.2) is 29.3 Å². The fourth-order valence-corrected chi connectivity index (χ4v) is 2.94. The van der Waals surface area contributed by atoms with Gasteiger partial charge >= 0.3 is 0 Å². The van der Waals surface area contributed by atoms with Gasteiger partial charge in [0.2, 0.25) is 0 Å². The van der Waals surface area contributed by atoms with Crippen molar-refractivity contribution in [3.05, 3.63) is 29.8 Å². The fourth-order valence-electron chi connectivity index (χ4n) is 2.94. The first kappa shape index (κ1) is 23.9. The van der Waals surface area contributed by atoms with Crippen molar-refractivity contribution in [3.8, 4) is 5.75 Å². The van der Waals surface area contributed by atoms with E-state index in [1.54, 1.807) is 14.2 Å². The van der Waals surface area contributed by atoms with Crippen LogP contribution >= 0.6 is 24.0 Å². The summed E-state index contributed by atoms with van der Waals surface area (Å²) in [6.07, 6.45) is 0. The molecule has 8 heteroatoms. The average Bonchev–Trinajstić information content (AvgIpc) is 2.69. The molecule has 0 amide bonds. The number of methoxy groups -OCH3 is 2. The van der Waals surface area contributed by atoms with Gasteiger partial charge in [-0.25, -0.2) is 0 Å². The highest BCUT2D eigenvalue weighted by Crippen LogP contribution is 2.24. The number of benzene rings is 1. The van der Waals surface area contributed by atoms with E-state index in [-0.39, 0.29) is 30.0 Å². The molecule has 0 saturated carbocycles. The molecule has 1 heterocycles. The van der Waals surface area contributed by atoms with Crippen LogP contribution in [0.25, 0.3) is 0 Å². The number of guanidine groups is 1. The Labute approximate surface area is 179 Å². The molecular weight excluding hydrogens is 459 g/mol. The second kappa shape index (κ2) is 14.0. The third-order valence-electron chi connectivity index (χ3n) is 4.35. The van der Waals surface area contributed by atoms with Gasteiger partial charge in [0.1, 0.15) is 5.75 Å². The average molecular weight is 492 g/mol. The van der Waals surface area contributed by atoms with Crippen LogP contribution in [0.4, 0.5) is 0 Å². The van der Waals surface area contributed by atoms with Gasteiger partial charge in [0, 0.05) is 33.3 Å². The van der Waals surface area contributed by atoms with Crippen LogP contribution in [-0.4, -0.2) is 77.6 Å². The third kappa shape index (κ3) is 8.20. The van der Waals surface area contributed by atoms with E-state index in [2.05, 4.69) is 34.6 Å². The van der Waals surface area contributed by atoms with Crippen LogP contribution in [0.3, 0.4) is 0 Å². The summed E-state index contributed by atoms with van der Waals surface area (Å²) in [4.78, 5) is 7.24. The number of morpholine rings is 1. The molecule has 2 N–H and O–H groups in total. The molecule has 1 aliphatic rings. The van der Waals surface area contributed by atoms with Crippen molar-refractivity contribution in [3.63, 3.8) is 0 Å². The maximum atomic E-state index is 5.52. The van der Waals surface area contributed by atoms with Gasteiger partial charge in [-0.15, -0.1) is 24.0 Å². The van der Waals surface area contributed by atoms with Gasteiger partial charge in [-0.1, -0.05) is 12.1 Å². The van der Waals surface area contributed by atoms with Gasteiger partial charge in [0.05, 0.1) is 39.5 Å². The Morgan fingerprint density at radius 2 is 1.89 bits per heavy atom. The number of aliphatic imine (C=N–C) groups is 1. The van der Waals surface area contributed by atoms with Gasteiger partial charge < -0.3 is 24.8 Å². The standard InChI is InChI=1S/C19H32N4O3.HI/c1-4-20-19(21-9-12-24-2)22-15-18(23-10-13-26-14-11-23)16-5-7-17(25-3)8-6-16;/h5-8,18H,4,9-15H2,1-3H3,(H2,20,21,22);1H. The molecule has 1 aromatic rings. The van der Waals surface area contributed by atoms with Crippen molar-refractivity contribution < 1.29 is 14.2 Å². The third-order valence-corrected chi connectivity index (χ3v) is 4.35. The van der Waals surface area contributed by atoms with Crippen LogP contribution in [0.5, 0.6) is 5.75 Å². The summed E-state index contributed by atoms with van der Waals surface area (Å²) in [5.74, 6) is 1.68. The summed E-state index contributed by atoms with van der Waals surface area (Å²) in [5.41, 5.74) is 1.24. The number of rotatable bonds is 9. The molecule has 1 aromatic carbocycles. The molecule has 1 fully saturated rings. The maximum Gasteiger partial charge on any atom is 0.191 e. The Balaban J connectivity index is 0.00000364. The van der Waals surface area contributed by atoms with E-state index in [0.29, 0.717) is 13.2 Å². The zero-order chi connectivity index (χ0) is 18.6. The van der Waals surface area contributed by atoms with E-state index in [1.165, 1.54) is 5.56 Å². The van der Waals surface area contributed by atoms with Gasteiger partial charge in [-0.05, 0) is 24.6 Å². The second-order valence-corrected chi connectivity index (χ2v) is 6.08. The molecule has 0 bridgehead atoms. The molecule has 1 unspecified atom stereocenters. The first-order valence-corrected chi connectivity index (χ1v) is 9.25. The lowest BCUT2D eigenvalue weighted by atomic mass is 10.0. The van der Waals surface area contributed by atoms with E-state index in [0.717, 1.165) is 51.1 Å². The molecule has 154 valence electrons. The van der Waals surface area contributed by atoms with Crippen LogP contribution in [0.1, 0.15) is 18.5 Å². The molecular formula is C19H33IN4O3. The Kier molecular flexibility index (Phi) is 12.4. The monoisotopic (exact) mass is 492 g/mol. The van der Waals surface area contributed by atoms with Crippen molar-refractivity contribution in [1.29, 1.82) is 0 Å². The van der Waals surface area contributed by atoms with E-state index < -0.39 is 0 Å². The predicted octanol–water partition coefficient (Wildman–Crippen LogP) is 1.89. The number of hydrogen-bond acceptors (Lipinski definition) is 5. The van der Waals surface area contributed by atoms with Crippen LogP contribution in [-0.2, 0) is 9.47 Å². The van der Waals surface area contributed by atoms with Crippen molar-refractivity contribution in [2.75, 3.05) is 66.8 Å². The summed E-state index contributed by atoms with van der Waals surface area (Å²) >= 11 is 0. The van der Waals surface area contributed by atoms with Crippen molar-refractivity contribution >= 4 is 29.9 Å². The minimum atomic E-state index is 0. The largest absolute Gasteiger partial charge is 0.497 e. The molecule has 0 aliphatic carbocycles. The summed E-state index contributed by atoms with van der Waals surface area (Å²) < 4.78 is 15.9. The number of halogens is 1. The Bertz CT molecular complexity index is 536. The zero-order valence-corrected chi connectivity index (χ0v) is 18.9. The lowest BCUT2D eigenvalue weighted by Crippen LogP contribution is -2.42. The molecule has 1 aliphatic heterocycles. The molecule has 7 nitrogen and oxygen atoms in total. The highest BCUT2D eigenvalue weighted by Gasteiger charge is 2.22. The van der Waals surface area contributed by atoms with E-state index in [4.69, 9.17) is 19.2 Å². The summed E-state index contributed by atoms with van der Waals surface area (Å²) in [6, 6.07) is 8.48. The molecule has 1 saturated heterocycles. The second-order valence-electron chi connectivity index (χ2n) is 6.08. The van der Waals surface area contributed by atoms with Gasteiger partial charge in [0.25, 0.3) is 0 Å². The lowest BCUT2D eigenvalue weighted by Gasteiger charge is -2.34. The molecule has 0 radical (unpaired) electrons. The smallest absolute Gasteiger partial charge is 0.191 e. The maximum absolute atomic E-state index is 5.52. The van der Waals surface area contributed by atoms with Crippen LogP contribution in [0, 0.1) is 0 Å². The minimum absolute atomic E-state index is 0. The van der Waals surface area contributed by atoms with Crippen LogP contribution < -0.4 is 15.4 Å². The lowest BCUT2D eigenvalue weighted by molar-refractivity contribution is 0.0179. The highest BCUT2D eigenvalue weighted by atomic mass is 127. The van der Waals surface area contributed by atoms with Crippen molar-refractivity contribution in [2.24, 2.45) is 4.99 Å². The SMILES string of the molecule is CCNC(=NCC(c1ccc(OC)cc1)N1CCOCC1)NCCOC.I. The Hall–Kier alpha value is -1.10. The molecule has 0 spiro atoms. The molecule has 2 rings (SSSR count). The predicted molar refractivity (Wildman–Crippen MR) is 119 cm³/mol. The summed E-state index contributed by atoms with van der Waals surface area (Å²) in [7, 11) is 3.39. The number of hydrogen-bond donors (Lipinski definition) is 2. The number of ether oxygens (including phenoxy) is 3. The minimum Gasteiger partial charge on any atom is -0.497 e. The molecule has 1 atom stereocenters. The normalized spacial score (nSPS) is 16.3. The zero-order valence-electron chi connectivity index (χ0n) is 16.6. The Morgan fingerprint density at radius 1 is 1.19 bits per heavy atom. The van der Waals surface area contributed by atoms with Gasteiger partial charge in [-0.3, -0.25) is 9.89 Å². The van der Waals surface area contributed by atoms with E-state index in [9.17, 15) is 0 Å². The summed E-state index contributed by atoms with van der Waals surface area (Å²) in [5, 5.41) is 6.59. The quantitative estimate of drug-likeness (QED) is 0.238. The number of nitrogens with one attached hydrogen (secondary N) is 2. The number of nitrogens with zero attached hydrogens (tertiary/aromatic N) is 2. The van der Waals surface area contributed by atoms with Crippen molar-refractivity contribution in [1.82, 2.24) is 15.5 Å². The van der Waals surface area contributed by atoms with Crippen molar-refractivity contribution in [2.45, 2.75) is 13.0 Å². The first-order chi connectivity index (χ1) is 12.8.